The maximum Gasteiger partial charge on any atom is 0.313 e. The lowest BCUT2D eigenvalue weighted by molar-refractivity contribution is -0.133. The molecule has 100 valence electrons. The molecule has 0 spiro atoms. The number of hydrogen-bond acceptors (Lipinski definition) is 3. The first-order chi connectivity index (χ1) is 8.99. The van der Waals surface area contributed by atoms with Crippen LogP contribution in [0.1, 0.15) is 0 Å². The number of nitrogens with zero attached hydrogens (tertiary/aromatic N) is 2. The van der Waals surface area contributed by atoms with Crippen LogP contribution in [-0.2, 0) is 4.79 Å². The number of hydrogen-bond donors (Lipinski definition) is 1. The maximum atomic E-state index is 10.6. The van der Waals surface area contributed by atoms with Crippen LogP contribution in [0.15, 0.2) is 43.1 Å². The first-order valence-corrected chi connectivity index (χ1v) is 8.38. The molecule has 0 atom stereocenters. The van der Waals surface area contributed by atoms with Gasteiger partial charge in [0.15, 0.2) is 5.16 Å². The fourth-order valence-corrected chi connectivity index (χ4v) is 4.78. The monoisotopic (exact) mass is 468 g/mol. The number of halogens is 3. The zero-order valence-electron chi connectivity index (χ0n) is 9.31. The largest absolute Gasteiger partial charge is 0.481 e. The van der Waals surface area contributed by atoms with Crippen LogP contribution in [0, 0.1) is 0 Å². The molecule has 19 heavy (non-hydrogen) atoms. The minimum Gasteiger partial charge on any atom is -0.481 e. The van der Waals surface area contributed by atoms with Gasteiger partial charge in [-0.2, -0.15) is 0 Å². The molecule has 0 aliphatic heterocycles. The Kier molecular flexibility index (Phi) is 5.10. The van der Waals surface area contributed by atoms with E-state index in [9.17, 15) is 4.79 Å². The van der Waals surface area contributed by atoms with Crippen molar-refractivity contribution < 1.29 is 9.90 Å². The van der Waals surface area contributed by atoms with Crippen LogP contribution >= 0.6 is 59.6 Å². The van der Waals surface area contributed by atoms with Crippen molar-refractivity contribution in [3.05, 3.63) is 37.9 Å². The van der Waals surface area contributed by atoms with Gasteiger partial charge < -0.3 is 5.11 Å². The summed E-state index contributed by atoms with van der Waals surface area (Å²) in [6.07, 6.45) is 3.44. The van der Waals surface area contributed by atoms with Crippen molar-refractivity contribution in [1.29, 1.82) is 0 Å². The van der Waals surface area contributed by atoms with Crippen molar-refractivity contribution >= 4 is 65.5 Å². The van der Waals surface area contributed by atoms with Gasteiger partial charge in [-0.15, -0.1) is 0 Å². The van der Waals surface area contributed by atoms with E-state index >= 15 is 0 Å². The Morgan fingerprint density at radius 2 is 1.95 bits per heavy atom. The number of carboxylic acids is 1. The number of aliphatic carboxylic acids is 1. The molecule has 0 aliphatic carbocycles. The number of rotatable bonds is 4. The van der Waals surface area contributed by atoms with Gasteiger partial charge in [0, 0.05) is 25.8 Å². The molecule has 1 aromatic heterocycles. The van der Waals surface area contributed by atoms with Crippen LogP contribution in [0.5, 0.6) is 0 Å². The van der Waals surface area contributed by atoms with Crippen molar-refractivity contribution in [2.75, 3.05) is 5.75 Å². The van der Waals surface area contributed by atoms with E-state index in [2.05, 4.69) is 52.8 Å². The summed E-state index contributed by atoms with van der Waals surface area (Å²) in [5, 5.41) is 9.37. The molecule has 0 saturated heterocycles. The van der Waals surface area contributed by atoms with Gasteiger partial charge in [-0.3, -0.25) is 9.36 Å². The van der Waals surface area contributed by atoms with Gasteiger partial charge in [-0.05, 0) is 44.0 Å². The first-order valence-electron chi connectivity index (χ1n) is 5.02. The SMILES string of the molecule is O=C(O)CSc1nccn1-c1c(Br)cc(Br)cc1Br. The summed E-state index contributed by atoms with van der Waals surface area (Å²) < 4.78 is 4.54. The van der Waals surface area contributed by atoms with Gasteiger partial charge in [-0.1, -0.05) is 27.7 Å². The highest BCUT2D eigenvalue weighted by Crippen LogP contribution is 2.34. The van der Waals surface area contributed by atoms with E-state index in [1.807, 2.05) is 16.7 Å². The van der Waals surface area contributed by atoms with E-state index in [-0.39, 0.29) is 5.75 Å². The predicted octanol–water partition coefficient (Wildman–Crippen LogP) is 4.34. The van der Waals surface area contributed by atoms with Crippen molar-refractivity contribution in [3.8, 4) is 5.69 Å². The normalized spacial score (nSPS) is 10.7. The fourth-order valence-electron chi connectivity index (χ4n) is 1.46. The van der Waals surface area contributed by atoms with Gasteiger partial charge in [-0.25, -0.2) is 4.98 Å². The molecule has 1 aromatic carbocycles. The van der Waals surface area contributed by atoms with Gasteiger partial charge in [0.05, 0.1) is 11.4 Å². The second-order valence-electron chi connectivity index (χ2n) is 3.48. The molecule has 4 nitrogen and oxygen atoms in total. The van der Waals surface area contributed by atoms with E-state index in [0.717, 1.165) is 19.1 Å². The summed E-state index contributed by atoms with van der Waals surface area (Å²) >= 11 is 11.6. The molecule has 2 aromatic rings. The van der Waals surface area contributed by atoms with Crippen LogP contribution in [0.2, 0.25) is 0 Å². The highest BCUT2D eigenvalue weighted by molar-refractivity contribution is 9.11. The molecule has 0 amide bonds. The molecule has 0 unspecified atom stereocenters. The van der Waals surface area contributed by atoms with Crippen LogP contribution in [0.4, 0.5) is 0 Å². The molecule has 1 N–H and O–H groups in total. The van der Waals surface area contributed by atoms with Crippen LogP contribution in [0.3, 0.4) is 0 Å². The minimum absolute atomic E-state index is 0.0250. The number of thioether (sulfide) groups is 1. The van der Waals surface area contributed by atoms with Gasteiger partial charge >= 0.3 is 5.97 Å². The Morgan fingerprint density at radius 3 is 2.53 bits per heavy atom. The number of aromatic nitrogens is 2. The van der Waals surface area contributed by atoms with Crippen LogP contribution in [0.25, 0.3) is 5.69 Å². The summed E-state index contributed by atoms with van der Waals surface area (Å²) in [7, 11) is 0. The Labute approximate surface area is 139 Å². The Bertz CT molecular complexity index is 607. The second-order valence-corrected chi connectivity index (χ2v) is 7.05. The van der Waals surface area contributed by atoms with E-state index in [1.165, 1.54) is 11.8 Å². The van der Waals surface area contributed by atoms with Crippen molar-refractivity contribution in [3.63, 3.8) is 0 Å². The van der Waals surface area contributed by atoms with Crippen molar-refractivity contribution in [2.45, 2.75) is 5.16 Å². The Morgan fingerprint density at radius 1 is 1.32 bits per heavy atom. The Balaban J connectivity index is 2.43. The summed E-state index contributed by atoms with van der Waals surface area (Å²) in [5.74, 6) is -0.892. The first kappa shape index (κ1) is 15.1. The van der Waals surface area contributed by atoms with E-state index in [4.69, 9.17) is 5.11 Å². The predicted molar refractivity (Wildman–Crippen MR) is 85.0 cm³/mol. The molecule has 0 saturated carbocycles. The van der Waals surface area contributed by atoms with Gasteiger partial charge in [0.2, 0.25) is 0 Å². The average molecular weight is 471 g/mol. The third-order valence-electron chi connectivity index (χ3n) is 2.15. The summed E-state index contributed by atoms with van der Waals surface area (Å²) in [4.78, 5) is 14.8. The quantitative estimate of drug-likeness (QED) is 0.675. The third kappa shape index (κ3) is 3.62. The molecule has 0 aliphatic rings. The third-order valence-corrected chi connectivity index (χ3v) is 4.77. The van der Waals surface area contributed by atoms with E-state index < -0.39 is 5.97 Å². The average Bonchev–Trinajstić information content (AvgIpc) is 2.73. The fraction of sp³-hybridized carbons (Fsp3) is 0.0909. The topological polar surface area (TPSA) is 55.1 Å². The second kappa shape index (κ2) is 6.43. The summed E-state index contributed by atoms with van der Waals surface area (Å²) in [6.45, 7) is 0. The van der Waals surface area contributed by atoms with Crippen molar-refractivity contribution in [2.24, 2.45) is 0 Å². The smallest absolute Gasteiger partial charge is 0.313 e. The lowest BCUT2D eigenvalue weighted by Crippen LogP contribution is -2.02. The maximum absolute atomic E-state index is 10.6. The number of imidazole rings is 1. The summed E-state index contributed by atoms with van der Waals surface area (Å²) in [5.41, 5.74) is 0.883. The number of benzene rings is 1. The lowest BCUT2D eigenvalue weighted by Gasteiger charge is -2.11. The lowest BCUT2D eigenvalue weighted by atomic mass is 10.3. The molecular formula is C11H7Br3N2O2S. The molecule has 1 heterocycles. The van der Waals surface area contributed by atoms with Gasteiger partial charge in [0.1, 0.15) is 0 Å². The number of carbonyl (C=O) groups is 1. The molecule has 2 rings (SSSR count). The highest BCUT2D eigenvalue weighted by Gasteiger charge is 2.14. The standard InChI is InChI=1S/C11H7Br3N2O2S/c12-6-3-7(13)10(8(14)4-6)16-2-1-15-11(16)19-5-9(17)18/h1-4H,5H2,(H,17,18). The van der Waals surface area contributed by atoms with E-state index in [0.29, 0.717) is 5.16 Å². The molecular weight excluding hydrogens is 464 g/mol. The highest BCUT2D eigenvalue weighted by atomic mass is 79.9. The van der Waals surface area contributed by atoms with Gasteiger partial charge in [0.25, 0.3) is 0 Å². The van der Waals surface area contributed by atoms with Crippen LogP contribution < -0.4 is 0 Å². The zero-order valence-corrected chi connectivity index (χ0v) is 14.9. The molecule has 8 heteroatoms. The Hall–Kier alpha value is -0.310. The molecule has 0 radical (unpaired) electrons. The minimum atomic E-state index is -0.867. The van der Waals surface area contributed by atoms with E-state index in [1.54, 1.807) is 12.4 Å². The zero-order chi connectivity index (χ0) is 14.0. The molecule has 0 fully saturated rings. The van der Waals surface area contributed by atoms with Crippen molar-refractivity contribution in [1.82, 2.24) is 9.55 Å². The molecule has 0 bridgehead atoms. The van der Waals surface area contributed by atoms with Crippen LogP contribution in [-0.4, -0.2) is 26.4 Å². The summed E-state index contributed by atoms with van der Waals surface area (Å²) in [6, 6.07) is 3.84. The number of carboxylic acid groups (broad SMARTS) is 1.